The van der Waals surface area contributed by atoms with E-state index >= 15 is 0 Å². The average molecular weight is 353 g/mol. The average Bonchev–Trinajstić information content (AvgIpc) is 2.60. The van der Waals surface area contributed by atoms with E-state index in [2.05, 4.69) is 4.98 Å². The molecule has 3 aromatic rings. The number of esters is 1. The summed E-state index contributed by atoms with van der Waals surface area (Å²) in [6.45, 7) is 3.14. The lowest BCUT2D eigenvalue weighted by molar-refractivity contribution is -0.385. The third-order valence-electron chi connectivity index (χ3n) is 3.93. The lowest BCUT2D eigenvalue weighted by atomic mass is 10.1. The molecule has 1 aromatic carbocycles. The Bertz CT molecular complexity index is 1090. The van der Waals surface area contributed by atoms with Crippen LogP contribution in [-0.2, 0) is 11.3 Å². The van der Waals surface area contributed by atoms with E-state index in [9.17, 15) is 19.7 Å². The summed E-state index contributed by atoms with van der Waals surface area (Å²) >= 11 is 0. The van der Waals surface area contributed by atoms with Gasteiger partial charge in [0, 0.05) is 23.9 Å². The number of aryl methyl sites for hydroxylation is 1. The van der Waals surface area contributed by atoms with E-state index in [-0.39, 0.29) is 29.0 Å². The van der Waals surface area contributed by atoms with Crippen molar-refractivity contribution in [3.8, 4) is 0 Å². The van der Waals surface area contributed by atoms with Crippen molar-refractivity contribution < 1.29 is 14.5 Å². The van der Waals surface area contributed by atoms with Crippen LogP contribution in [0.2, 0.25) is 0 Å². The van der Waals surface area contributed by atoms with Crippen LogP contribution >= 0.6 is 0 Å². The number of benzene rings is 1. The number of rotatable bonds is 4. The molecule has 2 aromatic heterocycles. The summed E-state index contributed by atoms with van der Waals surface area (Å²) in [5.41, 5.74) is 1.56. The second-order valence-electron chi connectivity index (χ2n) is 5.80. The van der Waals surface area contributed by atoms with Crippen molar-refractivity contribution in [3.05, 3.63) is 85.4 Å². The summed E-state index contributed by atoms with van der Waals surface area (Å²) in [6, 6.07) is 9.01. The van der Waals surface area contributed by atoms with Crippen molar-refractivity contribution in [2.45, 2.75) is 20.5 Å². The van der Waals surface area contributed by atoms with Gasteiger partial charge in [-0.1, -0.05) is 12.1 Å². The Morgan fingerprint density at radius 1 is 1.27 bits per heavy atom. The molecule has 2 heterocycles. The molecule has 8 heteroatoms. The summed E-state index contributed by atoms with van der Waals surface area (Å²) in [6.07, 6.45) is 1.67. The lowest BCUT2D eigenvalue weighted by Gasteiger charge is -2.08. The van der Waals surface area contributed by atoms with Crippen LogP contribution in [0.1, 0.15) is 27.2 Å². The second kappa shape index (κ2) is 6.75. The number of nitro groups is 1. The number of carbonyl (C=O) groups is 1. The third kappa shape index (κ3) is 3.30. The number of hydrogen-bond acceptors (Lipinski definition) is 6. The number of nitro benzene ring substituents is 1. The molecule has 0 amide bonds. The molecule has 0 aliphatic heterocycles. The normalized spacial score (nSPS) is 10.7. The molecule has 0 N–H and O–H groups in total. The second-order valence-corrected chi connectivity index (χ2v) is 5.80. The summed E-state index contributed by atoms with van der Waals surface area (Å²) < 4.78 is 6.59. The number of ether oxygens (including phenoxy) is 1. The Balaban J connectivity index is 1.83. The van der Waals surface area contributed by atoms with E-state index in [1.165, 1.54) is 35.6 Å². The zero-order valence-electron chi connectivity index (χ0n) is 14.1. The van der Waals surface area contributed by atoms with Crippen LogP contribution in [0.3, 0.4) is 0 Å². The molecule has 26 heavy (non-hydrogen) atoms. The van der Waals surface area contributed by atoms with Crippen LogP contribution < -0.4 is 5.56 Å². The standard InChI is InChI=1S/C18H15N3O5/c1-11-6-7-16-19-13(8-17(22)20(16)9-11)10-26-18(23)14-4-3-5-15(12(14)2)21(24)25/h3-9H,10H2,1-2H3. The number of nitrogens with zero attached hydrogens (tertiary/aromatic N) is 3. The van der Waals surface area contributed by atoms with Crippen LogP contribution in [0.5, 0.6) is 0 Å². The molecular weight excluding hydrogens is 338 g/mol. The SMILES string of the molecule is Cc1ccc2nc(COC(=O)c3cccc([N+](=O)[O-])c3C)cc(=O)n2c1. The number of hydrogen-bond donors (Lipinski definition) is 0. The van der Waals surface area contributed by atoms with Crippen molar-refractivity contribution in [2.75, 3.05) is 0 Å². The minimum atomic E-state index is -0.711. The molecule has 0 spiro atoms. The highest BCUT2D eigenvalue weighted by molar-refractivity contribution is 5.92. The maximum absolute atomic E-state index is 12.3. The largest absolute Gasteiger partial charge is 0.456 e. The van der Waals surface area contributed by atoms with E-state index in [0.717, 1.165) is 5.56 Å². The Morgan fingerprint density at radius 2 is 2.04 bits per heavy atom. The van der Waals surface area contributed by atoms with Gasteiger partial charge in [-0.15, -0.1) is 0 Å². The van der Waals surface area contributed by atoms with Gasteiger partial charge in [0.25, 0.3) is 11.2 Å². The van der Waals surface area contributed by atoms with Crippen molar-refractivity contribution in [3.63, 3.8) is 0 Å². The first-order valence-corrected chi connectivity index (χ1v) is 7.77. The van der Waals surface area contributed by atoms with E-state index in [0.29, 0.717) is 11.3 Å². The van der Waals surface area contributed by atoms with Crippen LogP contribution in [0.4, 0.5) is 5.69 Å². The fourth-order valence-electron chi connectivity index (χ4n) is 2.59. The summed E-state index contributed by atoms with van der Waals surface area (Å²) in [4.78, 5) is 39.1. The number of aromatic nitrogens is 2. The van der Waals surface area contributed by atoms with Gasteiger partial charge in [0.2, 0.25) is 0 Å². The minimum absolute atomic E-state index is 0.104. The summed E-state index contributed by atoms with van der Waals surface area (Å²) in [5.74, 6) is -0.711. The van der Waals surface area contributed by atoms with Crippen LogP contribution in [0.25, 0.3) is 5.65 Å². The van der Waals surface area contributed by atoms with E-state index in [1.807, 2.05) is 13.0 Å². The van der Waals surface area contributed by atoms with Crippen molar-refractivity contribution >= 4 is 17.3 Å². The van der Waals surface area contributed by atoms with Crippen LogP contribution in [-0.4, -0.2) is 20.3 Å². The van der Waals surface area contributed by atoms with Crippen molar-refractivity contribution in [1.82, 2.24) is 9.38 Å². The highest BCUT2D eigenvalue weighted by atomic mass is 16.6. The molecular formula is C18H15N3O5. The molecule has 0 aliphatic carbocycles. The molecule has 132 valence electrons. The Hall–Kier alpha value is -3.55. The summed E-state index contributed by atoms with van der Waals surface area (Å²) in [5, 5.41) is 11.0. The van der Waals surface area contributed by atoms with E-state index in [4.69, 9.17) is 4.74 Å². The maximum Gasteiger partial charge on any atom is 0.339 e. The van der Waals surface area contributed by atoms with Gasteiger partial charge in [0.05, 0.1) is 16.2 Å². The zero-order valence-corrected chi connectivity index (χ0v) is 14.1. The fraction of sp³-hybridized carbons (Fsp3) is 0.167. The number of pyridine rings is 1. The Kier molecular flexibility index (Phi) is 4.49. The molecule has 0 unspecified atom stereocenters. The van der Waals surface area contributed by atoms with Crippen LogP contribution in [0, 0.1) is 24.0 Å². The first kappa shape index (κ1) is 17.3. The predicted octanol–water partition coefficient (Wildman–Crippen LogP) is 2.58. The molecule has 0 bridgehead atoms. The number of carbonyl (C=O) groups excluding carboxylic acids is 1. The van der Waals surface area contributed by atoms with Crippen LogP contribution in [0.15, 0.2) is 47.4 Å². The lowest BCUT2D eigenvalue weighted by Crippen LogP contribution is -2.17. The highest BCUT2D eigenvalue weighted by Crippen LogP contribution is 2.21. The van der Waals surface area contributed by atoms with E-state index < -0.39 is 10.9 Å². The first-order chi connectivity index (χ1) is 12.4. The Morgan fingerprint density at radius 3 is 2.77 bits per heavy atom. The quantitative estimate of drug-likeness (QED) is 0.406. The van der Waals surface area contributed by atoms with Gasteiger partial charge < -0.3 is 4.74 Å². The monoisotopic (exact) mass is 353 g/mol. The smallest absolute Gasteiger partial charge is 0.339 e. The van der Waals surface area contributed by atoms with Gasteiger partial charge in [-0.3, -0.25) is 19.3 Å². The molecule has 0 radical (unpaired) electrons. The summed E-state index contributed by atoms with van der Waals surface area (Å²) in [7, 11) is 0. The zero-order chi connectivity index (χ0) is 18.8. The van der Waals surface area contributed by atoms with Gasteiger partial charge in [-0.2, -0.15) is 0 Å². The van der Waals surface area contributed by atoms with E-state index in [1.54, 1.807) is 12.3 Å². The van der Waals surface area contributed by atoms with Gasteiger partial charge in [-0.25, -0.2) is 9.78 Å². The Labute approximate surface area is 147 Å². The van der Waals surface area contributed by atoms with Gasteiger partial charge in [-0.05, 0) is 31.5 Å². The fourth-order valence-corrected chi connectivity index (χ4v) is 2.59. The predicted molar refractivity (Wildman–Crippen MR) is 93.2 cm³/mol. The van der Waals surface area contributed by atoms with Crippen molar-refractivity contribution in [2.24, 2.45) is 0 Å². The van der Waals surface area contributed by atoms with Crippen molar-refractivity contribution in [1.29, 1.82) is 0 Å². The molecule has 0 saturated carbocycles. The topological polar surface area (TPSA) is 104 Å². The molecule has 0 atom stereocenters. The number of fused-ring (bicyclic) bond motifs is 1. The molecule has 0 saturated heterocycles. The van der Waals surface area contributed by atoms with Gasteiger partial charge in [0.15, 0.2) is 0 Å². The molecule has 0 fully saturated rings. The molecule has 8 nitrogen and oxygen atoms in total. The highest BCUT2D eigenvalue weighted by Gasteiger charge is 2.19. The van der Waals surface area contributed by atoms with Gasteiger partial charge in [0.1, 0.15) is 12.3 Å². The van der Waals surface area contributed by atoms with Gasteiger partial charge >= 0.3 is 5.97 Å². The molecule has 3 rings (SSSR count). The first-order valence-electron chi connectivity index (χ1n) is 7.77. The molecule has 0 aliphatic rings. The third-order valence-corrected chi connectivity index (χ3v) is 3.93. The maximum atomic E-state index is 12.3. The minimum Gasteiger partial charge on any atom is -0.456 e.